The molecule has 0 atom stereocenters. The number of fused-ring (bicyclic) bond motifs is 1. The summed E-state index contributed by atoms with van der Waals surface area (Å²) in [7, 11) is 1.50. The minimum Gasteiger partial charge on any atom is -0.504 e. The van der Waals surface area contributed by atoms with Crippen LogP contribution in [0.1, 0.15) is 6.92 Å². The smallest absolute Gasteiger partial charge is 0.182 e. The van der Waals surface area contributed by atoms with Gasteiger partial charge in [-0.15, -0.1) is 0 Å². The summed E-state index contributed by atoms with van der Waals surface area (Å²) in [6, 6.07) is 8.57. The van der Waals surface area contributed by atoms with Crippen molar-refractivity contribution in [3.63, 3.8) is 0 Å². The van der Waals surface area contributed by atoms with E-state index in [1.165, 1.54) is 7.11 Å². The molecule has 0 unspecified atom stereocenters. The van der Waals surface area contributed by atoms with Crippen molar-refractivity contribution in [3.05, 3.63) is 36.5 Å². The second-order valence-corrected chi connectivity index (χ2v) is 5.70. The molecule has 0 aliphatic carbocycles. The Labute approximate surface area is 155 Å². The lowest BCUT2D eigenvalue weighted by molar-refractivity contribution is 0.374. The molecule has 0 aliphatic heterocycles. The van der Waals surface area contributed by atoms with Gasteiger partial charge in [0.1, 0.15) is 11.3 Å². The van der Waals surface area contributed by atoms with Crippen molar-refractivity contribution in [1.29, 1.82) is 0 Å². The van der Waals surface area contributed by atoms with Gasteiger partial charge in [-0.2, -0.15) is 0 Å². The molecule has 0 aliphatic rings. The van der Waals surface area contributed by atoms with E-state index in [0.29, 0.717) is 33.7 Å². The lowest BCUT2D eigenvalue weighted by atomic mass is 10.2. The van der Waals surface area contributed by atoms with Crippen LogP contribution in [0.25, 0.3) is 11.2 Å². The summed E-state index contributed by atoms with van der Waals surface area (Å²) in [6.45, 7) is 2.67. The zero-order chi connectivity index (χ0) is 18.5. The van der Waals surface area contributed by atoms with Crippen LogP contribution in [0.3, 0.4) is 0 Å². The number of aromatic nitrogens is 3. The van der Waals surface area contributed by atoms with Gasteiger partial charge in [0.2, 0.25) is 0 Å². The lowest BCUT2D eigenvalue weighted by Crippen LogP contribution is -2.28. The normalized spacial score (nSPS) is 10.4. The van der Waals surface area contributed by atoms with Crippen molar-refractivity contribution < 1.29 is 9.84 Å². The molecule has 0 bridgehead atoms. The summed E-state index contributed by atoms with van der Waals surface area (Å²) in [5, 5.41) is 19.3. The van der Waals surface area contributed by atoms with Gasteiger partial charge in [-0.05, 0) is 43.4 Å². The van der Waals surface area contributed by atoms with Gasteiger partial charge < -0.3 is 25.8 Å². The van der Waals surface area contributed by atoms with Gasteiger partial charge in [0, 0.05) is 18.3 Å². The number of aromatic hydroxyl groups is 1. The van der Waals surface area contributed by atoms with Crippen molar-refractivity contribution in [2.24, 2.45) is 0 Å². The Hall–Kier alpha value is -3.20. The summed E-state index contributed by atoms with van der Waals surface area (Å²) in [5.74, 6) is 1.55. The monoisotopic (exact) mass is 370 g/mol. The Balaban J connectivity index is 1.84. The number of pyridine rings is 1. The van der Waals surface area contributed by atoms with E-state index in [2.05, 4.69) is 30.9 Å². The summed E-state index contributed by atoms with van der Waals surface area (Å²) < 4.78 is 5.11. The van der Waals surface area contributed by atoms with Crippen LogP contribution >= 0.6 is 12.2 Å². The Kier molecular flexibility index (Phi) is 5.28. The van der Waals surface area contributed by atoms with Gasteiger partial charge in [0.15, 0.2) is 28.1 Å². The van der Waals surface area contributed by atoms with Gasteiger partial charge in [-0.1, -0.05) is 0 Å². The van der Waals surface area contributed by atoms with E-state index in [1.54, 1.807) is 30.5 Å². The molecule has 3 aromatic rings. The number of nitrogens with zero attached hydrogens (tertiary/aromatic N) is 3. The highest BCUT2D eigenvalue weighted by atomic mass is 32.1. The maximum absolute atomic E-state index is 9.67. The third kappa shape index (κ3) is 4.06. The Morgan fingerprint density at radius 1 is 1.19 bits per heavy atom. The van der Waals surface area contributed by atoms with Crippen LogP contribution in [-0.2, 0) is 0 Å². The summed E-state index contributed by atoms with van der Waals surface area (Å²) in [4.78, 5) is 13.2. The van der Waals surface area contributed by atoms with Crippen molar-refractivity contribution in [3.8, 4) is 11.5 Å². The Bertz CT molecular complexity index is 950. The summed E-state index contributed by atoms with van der Waals surface area (Å²) in [5.41, 5.74) is 1.87. The molecule has 0 spiro atoms. The first-order valence-electron chi connectivity index (χ1n) is 7.91. The second-order valence-electron chi connectivity index (χ2n) is 5.29. The van der Waals surface area contributed by atoms with Gasteiger partial charge >= 0.3 is 0 Å². The van der Waals surface area contributed by atoms with Crippen LogP contribution in [-0.4, -0.2) is 38.8 Å². The average Bonchev–Trinajstić information content (AvgIpc) is 2.63. The van der Waals surface area contributed by atoms with E-state index in [9.17, 15) is 5.11 Å². The number of hydrogen-bond acceptors (Lipinski definition) is 7. The maximum atomic E-state index is 9.67. The predicted molar refractivity (Wildman–Crippen MR) is 105 cm³/mol. The number of anilines is 3. The second kappa shape index (κ2) is 7.79. The minimum absolute atomic E-state index is 0.0720. The molecule has 0 saturated heterocycles. The highest BCUT2D eigenvalue weighted by Crippen LogP contribution is 2.30. The van der Waals surface area contributed by atoms with Crippen LogP contribution in [0.4, 0.5) is 17.3 Å². The minimum atomic E-state index is 0.0720. The first kappa shape index (κ1) is 17.6. The zero-order valence-electron chi connectivity index (χ0n) is 14.3. The lowest BCUT2D eigenvalue weighted by Gasteiger charge is -2.10. The van der Waals surface area contributed by atoms with Crippen LogP contribution in [0.15, 0.2) is 36.5 Å². The number of rotatable bonds is 5. The molecule has 0 fully saturated rings. The predicted octanol–water partition coefficient (Wildman–Crippen LogP) is 2.79. The van der Waals surface area contributed by atoms with E-state index in [1.807, 2.05) is 13.0 Å². The molecule has 9 heteroatoms. The largest absolute Gasteiger partial charge is 0.504 e. The van der Waals surface area contributed by atoms with Crippen LogP contribution in [0.5, 0.6) is 11.5 Å². The maximum Gasteiger partial charge on any atom is 0.182 e. The molecule has 3 rings (SSSR count). The van der Waals surface area contributed by atoms with Crippen molar-refractivity contribution in [1.82, 2.24) is 20.3 Å². The number of nitrogens with one attached hydrogen (secondary N) is 3. The van der Waals surface area contributed by atoms with Crippen LogP contribution in [0.2, 0.25) is 0 Å². The third-order valence-electron chi connectivity index (χ3n) is 3.44. The SMILES string of the molecule is CCNC(=S)Nc1cnc2ccc(Nc3ccc(O)c(OC)c3)nc2n1. The number of phenolic OH excluding ortho intramolecular Hbond substituents is 1. The molecule has 134 valence electrons. The van der Waals surface area contributed by atoms with Crippen LogP contribution in [0, 0.1) is 0 Å². The standard InChI is InChI=1S/C17H18N6O2S/c1-3-18-17(26)23-15-9-19-11-5-7-14(21-16(11)22-15)20-10-4-6-12(24)13(8-10)25-2/h4-9,24H,3H2,1-2H3,(H3,18,20,21,22,23,26). The Morgan fingerprint density at radius 2 is 2.00 bits per heavy atom. The fourth-order valence-corrected chi connectivity index (χ4v) is 2.50. The van der Waals surface area contributed by atoms with Gasteiger partial charge in [-0.25, -0.2) is 15.0 Å². The first-order chi connectivity index (χ1) is 12.6. The van der Waals surface area contributed by atoms with Gasteiger partial charge in [-0.3, -0.25) is 0 Å². The fraction of sp³-hybridized carbons (Fsp3) is 0.176. The molecular formula is C17H18N6O2S. The van der Waals surface area contributed by atoms with Crippen LogP contribution < -0.4 is 20.7 Å². The number of ether oxygens (including phenoxy) is 1. The van der Waals surface area contributed by atoms with Gasteiger partial charge in [0.25, 0.3) is 0 Å². The third-order valence-corrected chi connectivity index (χ3v) is 3.68. The highest BCUT2D eigenvalue weighted by molar-refractivity contribution is 7.80. The number of phenols is 1. The molecule has 0 radical (unpaired) electrons. The number of hydrogen-bond donors (Lipinski definition) is 4. The topological polar surface area (TPSA) is 104 Å². The summed E-state index contributed by atoms with van der Waals surface area (Å²) in [6.07, 6.45) is 1.60. The Morgan fingerprint density at radius 3 is 2.77 bits per heavy atom. The zero-order valence-corrected chi connectivity index (χ0v) is 15.1. The average molecular weight is 370 g/mol. The van der Waals surface area contributed by atoms with E-state index < -0.39 is 0 Å². The molecule has 4 N–H and O–H groups in total. The molecule has 0 amide bonds. The molecule has 2 heterocycles. The molecular weight excluding hydrogens is 352 g/mol. The highest BCUT2D eigenvalue weighted by Gasteiger charge is 2.07. The molecule has 1 aromatic carbocycles. The number of thiocarbonyl (C=S) groups is 1. The molecule has 8 nitrogen and oxygen atoms in total. The molecule has 0 saturated carbocycles. The van der Waals surface area contributed by atoms with Crippen molar-refractivity contribution in [2.45, 2.75) is 6.92 Å². The quantitative estimate of drug-likeness (QED) is 0.398. The van der Waals surface area contributed by atoms with Crippen molar-refractivity contribution >= 4 is 45.8 Å². The van der Waals surface area contributed by atoms with Crippen molar-refractivity contribution in [2.75, 3.05) is 24.3 Å². The fourth-order valence-electron chi connectivity index (χ4n) is 2.25. The van der Waals surface area contributed by atoms with E-state index >= 15 is 0 Å². The molecule has 26 heavy (non-hydrogen) atoms. The van der Waals surface area contributed by atoms with E-state index in [0.717, 1.165) is 12.2 Å². The van der Waals surface area contributed by atoms with Gasteiger partial charge in [0.05, 0.1) is 13.3 Å². The molecule has 2 aromatic heterocycles. The van der Waals surface area contributed by atoms with E-state index in [4.69, 9.17) is 17.0 Å². The number of benzene rings is 1. The summed E-state index contributed by atoms with van der Waals surface area (Å²) >= 11 is 5.15. The first-order valence-corrected chi connectivity index (χ1v) is 8.32. The number of methoxy groups -OCH3 is 1. The van der Waals surface area contributed by atoms with E-state index in [-0.39, 0.29) is 5.75 Å².